The first-order valence-electron chi connectivity index (χ1n) is 18.8. The normalized spacial score (nSPS) is 12.9. The third kappa shape index (κ3) is 5.02. The molecule has 2 aliphatic rings. The highest BCUT2D eigenvalue weighted by Gasteiger charge is 2.51. The number of pyridine rings is 1. The summed E-state index contributed by atoms with van der Waals surface area (Å²) in [6.07, 6.45) is 3.69. The van der Waals surface area contributed by atoms with Crippen LogP contribution in [0.1, 0.15) is 22.3 Å². The summed E-state index contributed by atoms with van der Waals surface area (Å²) >= 11 is 0. The van der Waals surface area contributed by atoms with Crippen LogP contribution in [0, 0.1) is 0 Å². The van der Waals surface area contributed by atoms with Crippen LogP contribution in [0.4, 0.5) is 0 Å². The molecule has 0 unspecified atom stereocenters. The molecule has 0 saturated heterocycles. The van der Waals surface area contributed by atoms with Crippen LogP contribution in [0.15, 0.2) is 194 Å². The van der Waals surface area contributed by atoms with Gasteiger partial charge in [-0.05, 0) is 80.9 Å². The zero-order chi connectivity index (χ0) is 37.1. The zero-order valence-corrected chi connectivity index (χ0v) is 30.2. The smallest absolute Gasteiger partial charge is 0.164 e. The van der Waals surface area contributed by atoms with Gasteiger partial charge in [-0.15, -0.1) is 0 Å². The van der Waals surface area contributed by atoms with Crippen molar-refractivity contribution < 1.29 is 4.74 Å². The Hall–Kier alpha value is -7.50. The van der Waals surface area contributed by atoms with Crippen molar-refractivity contribution in [2.24, 2.45) is 0 Å². The van der Waals surface area contributed by atoms with Gasteiger partial charge in [-0.2, -0.15) is 0 Å². The maximum atomic E-state index is 6.81. The van der Waals surface area contributed by atoms with Gasteiger partial charge < -0.3 is 4.74 Å². The standard InChI is InChI=1S/C51H32N4O/c1-3-11-35(12-4-1)48-53-49(36-13-5-2-6-14-36)55-50(54-48)37-21-19-33(20-22-37)38-23-25-46-44(31-38)51(42-17-9-7-15-40(42)41-16-8-10-18-43(41)51)45-32-39(24-26-47(45)56-46)34-27-29-52-30-28-34/h1-32H. The van der Waals surface area contributed by atoms with Crippen molar-refractivity contribution in [2.45, 2.75) is 5.41 Å². The highest BCUT2D eigenvalue weighted by atomic mass is 16.5. The van der Waals surface area contributed by atoms with E-state index in [0.717, 1.165) is 61.6 Å². The molecule has 9 aromatic rings. The summed E-state index contributed by atoms with van der Waals surface area (Å²) in [5, 5.41) is 0. The van der Waals surface area contributed by atoms with Gasteiger partial charge in [0, 0.05) is 40.2 Å². The van der Waals surface area contributed by atoms with Crippen molar-refractivity contribution in [1.82, 2.24) is 19.9 Å². The van der Waals surface area contributed by atoms with E-state index in [0.29, 0.717) is 17.5 Å². The molecule has 11 rings (SSSR count). The summed E-state index contributed by atoms with van der Waals surface area (Å²) in [6, 6.07) is 63.7. The van der Waals surface area contributed by atoms with Crippen molar-refractivity contribution in [3.8, 4) is 79.0 Å². The molecular weight excluding hydrogens is 685 g/mol. The van der Waals surface area contributed by atoms with Crippen LogP contribution >= 0.6 is 0 Å². The van der Waals surface area contributed by atoms with E-state index in [2.05, 4.69) is 126 Å². The molecule has 1 aliphatic heterocycles. The molecule has 0 fully saturated rings. The van der Waals surface area contributed by atoms with Gasteiger partial charge in [-0.3, -0.25) is 4.98 Å². The zero-order valence-electron chi connectivity index (χ0n) is 30.2. The van der Waals surface area contributed by atoms with Crippen molar-refractivity contribution >= 4 is 0 Å². The van der Waals surface area contributed by atoms with E-state index in [1.165, 1.54) is 22.3 Å². The van der Waals surface area contributed by atoms with Gasteiger partial charge in [0.2, 0.25) is 0 Å². The Kier molecular flexibility index (Phi) is 7.32. The molecule has 0 amide bonds. The monoisotopic (exact) mass is 716 g/mol. The summed E-state index contributed by atoms with van der Waals surface area (Å²) in [5.74, 6) is 3.63. The summed E-state index contributed by atoms with van der Waals surface area (Å²) in [4.78, 5) is 19.1. The molecule has 7 aromatic carbocycles. The fourth-order valence-electron chi connectivity index (χ4n) is 8.56. The molecule has 5 heteroatoms. The molecule has 3 heterocycles. The predicted octanol–water partition coefficient (Wildman–Crippen LogP) is 12.1. The number of benzene rings is 7. The molecule has 0 saturated carbocycles. The lowest BCUT2D eigenvalue weighted by Gasteiger charge is -2.40. The number of hydrogen-bond acceptors (Lipinski definition) is 5. The molecular formula is C51H32N4O. The van der Waals surface area contributed by atoms with E-state index in [-0.39, 0.29) is 0 Å². The number of fused-ring (bicyclic) bond motifs is 9. The largest absolute Gasteiger partial charge is 0.457 e. The van der Waals surface area contributed by atoms with Crippen LogP contribution in [0.2, 0.25) is 0 Å². The Morgan fingerprint density at radius 3 is 1.21 bits per heavy atom. The summed E-state index contributed by atoms with van der Waals surface area (Å²) in [5.41, 5.74) is 13.9. The number of aromatic nitrogens is 4. The molecule has 262 valence electrons. The number of ether oxygens (including phenoxy) is 1. The Morgan fingerprint density at radius 2 is 0.714 bits per heavy atom. The number of nitrogens with zero attached hydrogens (tertiary/aromatic N) is 4. The van der Waals surface area contributed by atoms with E-state index in [1.807, 2.05) is 73.1 Å². The molecule has 0 radical (unpaired) electrons. The minimum Gasteiger partial charge on any atom is -0.457 e. The van der Waals surface area contributed by atoms with Crippen molar-refractivity contribution in [1.29, 1.82) is 0 Å². The van der Waals surface area contributed by atoms with Gasteiger partial charge in [0.1, 0.15) is 11.5 Å². The molecule has 0 atom stereocenters. The minimum atomic E-state index is -0.596. The fraction of sp³-hybridized carbons (Fsp3) is 0.0196. The second-order valence-corrected chi connectivity index (χ2v) is 14.2. The van der Waals surface area contributed by atoms with Crippen molar-refractivity contribution in [2.75, 3.05) is 0 Å². The highest BCUT2D eigenvalue weighted by Crippen LogP contribution is 2.62. The van der Waals surface area contributed by atoms with Gasteiger partial charge in [-0.1, -0.05) is 146 Å². The molecule has 56 heavy (non-hydrogen) atoms. The third-order valence-electron chi connectivity index (χ3n) is 11.1. The molecule has 1 aliphatic carbocycles. The van der Waals surface area contributed by atoms with E-state index in [4.69, 9.17) is 19.7 Å². The molecule has 0 N–H and O–H groups in total. The van der Waals surface area contributed by atoms with Crippen molar-refractivity contribution in [3.05, 3.63) is 217 Å². The molecule has 1 spiro atoms. The van der Waals surface area contributed by atoms with E-state index < -0.39 is 5.41 Å². The lowest BCUT2D eigenvalue weighted by Crippen LogP contribution is -2.32. The van der Waals surface area contributed by atoms with Gasteiger partial charge in [0.15, 0.2) is 17.5 Å². The Balaban J connectivity index is 1.06. The first-order valence-corrected chi connectivity index (χ1v) is 18.8. The summed E-state index contributed by atoms with van der Waals surface area (Å²) in [6.45, 7) is 0. The first-order chi connectivity index (χ1) is 27.7. The maximum absolute atomic E-state index is 6.81. The van der Waals surface area contributed by atoms with Crippen LogP contribution in [0.3, 0.4) is 0 Å². The lowest BCUT2D eigenvalue weighted by molar-refractivity contribution is 0.436. The summed E-state index contributed by atoms with van der Waals surface area (Å²) in [7, 11) is 0. The minimum absolute atomic E-state index is 0.596. The van der Waals surface area contributed by atoms with E-state index in [9.17, 15) is 0 Å². The SMILES string of the molecule is c1ccc(-c2nc(-c3ccccc3)nc(-c3ccc(-c4ccc5c(c4)C4(c6cc(-c7ccncc7)ccc6O5)c5ccccc5-c5ccccc54)cc3)n2)cc1. The third-order valence-corrected chi connectivity index (χ3v) is 11.1. The Morgan fingerprint density at radius 1 is 0.321 bits per heavy atom. The van der Waals surface area contributed by atoms with Gasteiger partial charge in [-0.25, -0.2) is 15.0 Å². The highest BCUT2D eigenvalue weighted by molar-refractivity contribution is 5.90. The summed E-state index contributed by atoms with van der Waals surface area (Å²) < 4.78 is 6.81. The molecule has 2 aromatic heterocycles. The fourth-order valence-corrected chi connectivity index (χ4v) is 8.56. The number of rotatable bonds is 5. The van der Waals surface area contributed by atoms with Crippen LogP contribution in [0.25, 0.3) is 67.5 Å². The second kappa shape index (κ2) is 12.8. The molecule has 0 bridgehead atoms. The van der Waals surface area contributed by atoms with Crippen LogP contribution < -0.4 is 4.74 Å². The predicted molar refractivity (Wildman–Crippen MR) is 222 cm³/mol. The van der Waals surface area contributed by atoms with Crippen LogP contribution in [-0.2, 0) is 5.41 Å². The van der Waals surface area contributed by atoms with Gasteiger partial charge in [0.05, 0.1) is 5.41 Å². The average molecular weight is 717 g/mol. The maximum Gasteiger partial charge on any atom is 0.164 e. The van der Waals surface area contributed by atoms with Gasteiger partial charge >= 0.3 is 0 Å². The van der Waals surface area contributed by atoms with Gasteiger partial charge in [0.25, 0.3) is 0 Å². The van der Waals surface area contributed by atoms with E-state index in [1.54, 1.807) is 0 Å². The van der Waals surface area contributed by atoms with Crippen LogP contribution in [0.5, 0.6) is 11.5 Å². The first kappa shape index (κ1) is 32.0. The topological polar surface area (TPSA) is 60.8 Å². The van der Waals surface area contributed by atoms with E-state index >= 15 is 0 Å². The van der Waals surface area contributed by atoms with Crippen molar-refractivity contribution in [3.63, 3.8) is 0 Å². The Bertz CT molecular complexity index is 2830. The average Bonchev–Trinajstić information content (AvgIpc) is 3.58. The quantitative estimate of drug-likeness (QED) is 0.177. The molecule has 5 nitrogen and oxygen atoms in total. The second-order valence-electron chi connectivity index (χ2n) is 14.2. The van der Waals surface area contributed by atoms with Crippen LogP contribution in [-0.4, -0.2) is 19.9 Å². The number of hydrogen-bond donors (Lipinski definition) is 0. The lowest BCUT2D eigenvalue weighted by atomic mass is 9.65. The Labute approximate surface area is 324 Å².